The van der Waals surface area contributed by atoms with Gasteiger partial charge >= 0.3 is 0 Å². The fourth-order valence-electron chi connectivity index (χ4n) is 1.25. The number of rotatable bonds is 2. The first-order valence-electron chi connectivity index (χ1n) is 4.74. The number of nitrogens with zero attached hydrogens (tertiary/aromatic N) is 3. The van der Waals surface area contributed by atoms with Crippen molar-refractivity contribution in [2.45, 2.75) is 0 Å². The van der Waals surface area contributed by atoms with Gasteiger partial charge in [0.1, 0.15) is 11.9 Å². The number of anilines is 3. The normalized spacial score (nSPS) is 9.65. The van der Waals surface area contributed by atoms with E-state index in [1.807, 2.05) is 6.07 Å². The van der Waals surface area contributed by atoms with Crippen LogP contribution in [0, 0.1) is 11.3 Å². The molecule has 17 heavy (non-hydrogen) atoms. The first-order chi connectivity index (χ1) is 8.19. The van der Waals surface area contributed by atoms with Gasteiger partial charge in [-0.15, -0.1) is 0 Å². The summed E-state index contributed by atoms with van der Waals surface area (Å²) in [7, 11) is 0. The number of nitriles is 1. The Bertz CT molecular complexity index is 591. The highest BCUT2D eigenvalue weighted by Crippen LogP contribution is 2.22. The van der Waals surface area contributed by atoms with Gasteiger partial charge in [0.05, 0.1) is 10.6 Å². The zero-order chi connectivity index (χ0) is 12.3. The third-order valence-corrected chi connectivity index (χ3v) is 2.34. The molecule has 0 unspecified atom stereocenters. The molecule has 0 saturated heterocycles. The second-order valence-corrected chi connectivity index (χ2v) is 3.64. The zero-order valence-electron chi connectivity index (χ0n) is 8.68. The van der Waals surface area contributed by atoms with Gasteiger partial charge < -0.3 is 11.1 Å². The van der Waals surface area contributed by atoms with E-state index in [0.29, 0.717) is 28.0 Å². The van der Waals surface area contributed by atoms with Crippen LogP contribution in [-0.2, 0) is 0 Å². The van der Waals surface area contributed by atoms with Crippen LogP contribution in [0.1, 0.15) is 5.56 Å². The number of nitrogen functional groups attached to an aromatic ring is 1. The minimum Gasteiger partial charge on any atom is -0.384 e. The Kier molecular flexibility index (Phi) is 3.08. The van der Waals surface area contributed by atoms with Gasteiger partial charge in [0.25, 0.3) is 0 Å². The molecule has 0 atom stereocenters. The van der Waals surface area contributed by atoms with Crippen molar-refractivity contribution in [2.75, 3.05) is 11.1 Å². The van der Waals surface area contributed by atoms with Crippen LogP contribution in [0.15, 0.2) is 30.5 Å². The van der Waals surface area contributed by atoms with Gasteiger partial charge in [-0.25, -0.2) is 4.98 Å². The smallest absolute Gasteiger partial charge is 0.229 e. The van der Waals surface area contributed by atoms with Crippen LogP contribution >= 0.6 is 11.6 Å². The Labute approximate surface area is 103 Å². The van der Waals surface area contributed by atoms with Gasteiger partial charge in [-0.3, -0.25) is 0 Å². The molecule has 6 heteroatoms. The summed E-state index contributed by atoms with van der Waals surface area (Å²) >= 11 is 5.90. The van der Waals surface area contributed by atoms with Crippen molar-refractivity contribution in [3.63, 3.8) is 0 Å². The number of benzene rings is 1. The molecular weight excluding hydrogens is 238 g/mol. The summed E-state index contributed by atoms with van der Waals surface area (Å²) < 4.78 is 0. The molecule has 1 aromatic heterocycles. The average Bonchev–Trinajstić information content (AvgIpc) is 2.29. The summed E-state index contributed by atoms with van der Waals surface area (Å²) in [6.07, 6.45) is 1.55. The molecule has 2 aromatic rings. The zero-order valence-corrected chi connectivity index (χ0v) is 9.44. The van der Waals surface area contributed by atoms with Crippen molar-refractivity contribution in [3.05, 3.63) is 41.0 Å². The van der Waals surface area contributed by atoms with Crippen LogP contribution < -0.4 is 11.1 Å². The number of hydrogen-bond acceptors (Lipinski definition) is 5. The van der Waals surface area contributed by atoms with Crippen LogP contribution in [0.4, 0.5) is 17.5 Å². The van der Waals surface area contributed by atoms with Crippen molar-refractivity contribution in [2.24, 2.45) is 0 Å². The second-order valence-electron chi connectivity index (χ2n) is 3.24. The van der Waals surface area contributed by atoms with E-state index in [1.54, 1.807) is 30.5 Å². The first kappa shape index (κ1) is 11.2. The summed E-state index contributed by atoms with van der Waals surface area (Å²) in [5, 5.41) is 12.1. The summed E-state index contributed by atoms with van der Waals surface area (Å²) in [6.45, 7) is 0. The Morgan fingerprint density at radius 3 is 2.82 bits per heavy atom. The third-order valence-electron chi connectivity index (χ3n) is 2.02. The minimum absolute atomic E-state index is 0.376. The fourth-order valence-corrected chi connectivity index (χ4v) is 1.47. The van der Waals surface area contributed by atoms with Crippen molar-refractivity contribution in [1.82, 2.24) is 9.97 Å². The van der Waals surface area contributed by atoms with E-state index in [1.165, 1.54) is 0 Å². The molecule has 2 rings (SSSR count). The van der Waals surface area contributed by atoms with Crippen molar-refractivity contribution < 1.29 is 0 Å². The average molecular weight is 246 g/mol. The fraction of sp³-hybridized carbons (Fsp3) is 0. The topological polar surface area (TPSA) is 87.6 Å². The molecular formula is C11H8ClN5. The van der Waals surface area contributed by atoms with Gasteiger partial charge in [0.2, 0.25) is 5.95 Å². The monoisotopic (exact) mass is 245 g/mol. The molecule has 0 aliphatic heterocycles. The molecule has 0 bridgehead atoms. The molecule has 0 spiro atoms. The predicted octanol–water partition coefficient (Wildman–Crippen LogP) is 2.33. The number of aromatic nitrogens is 2. The highest BCUT2D eigenvalue weighted by molar-refractivity contribution is 6.32. The number of hydrogen-bond donors (Lipinski definition) is 2. The van der Waals surface area contributed by atoms with Gasteiger partial charge in [0.15, 0.2) is 0 Å². The highest BCUT2D eigenvalue weighted by Gasteiger charge is 2.02. The van der Waals surface area contributed by atoms with Crippen LogP contribution in [0.5, 0.6) is 0 Å². The lowest BCUT2D eigenvalue weighted by atomic mass is 10.2. The molecule has 5 nitrogen and oxygen atoms in total. The molecule has 1 aromatic carbocycles. The van der Waals surface area contributed by atoms with Gasteiger partial charge in [-0.2, -0.15) is 10.2 Å². The van der Waals surface area contributed by atoms with Gasteiger partial charge in [-0.05, 0) is 24.3 Å². The van der Waals surface area contributed by atoms with Crippen molar-refractivity contribution >= 4 is 29.1 Å². The van der Waals surface area contributed by atoms with Crippen LogP contribution in [0.3, 0.4) is 0 Å². The lowest BCUT2D eigenvalue weighted by Gasteiger charge is -2.05. The second kappa shape index (κ2) is 4.68. The standard InChI is InChI=1S/C11H8ClN5/c12-9-5-8(2-1-7(9)6-13)16-11-15-4-3-10(14)17-11/h1-5H,(H3,14,15,16,17). The Morgan fingerprint density at radius 1 is 1.35 bits per heavy atom. The largest absolute Gasteiger partial charge is 0.384 e. The SMILES string of the molecule is N#Cc1ccc(Nc2nccc(N)n2)cc1Cl. The van der Waals surface area contributed by atoms with Crippen molar-refractivity contribution in [3.8, 4) is 6.07 Å². The molecule has 84 valence electrons. The maximum atomic E-state index is 8.74. The van der Waals surface area contributed by atoms with E-state index in [-0.39, 0.29) is 0 Å². The van der Waals surface area contributed by atoms with E-state index in [4.69, 9.17) is 22.6 Å². The lowest BCUT2D eigenvalue weighted by Crippen LogP contribution is -1.99. The molecule has 0 saturated carbocycles. The number of nitrogens with two attached hydrogens (primary N) is 1. The molecule has 0 amide bonds. The molecule has 3 N–H and O–H groups in total. The predicted molar refractivity (Wildman–Crippen MR) is 65.9 cm³/mol. The molecule has 1 heterocycles. The Hall–Kier alpha value is -2.32. The number of halogens is 1. The third kappa shape index (κ3) is 2.62. The summed E-state index contributed by atoms with van der Waals surface area (Å²) in [4.78, 5) is 7.98. The highest BCUT2D eigenvalue weighted by atomic mass is 35.5. The van der Waals surface area contributed by atoms with Crippen molar-refractivity contribution in [1.29, 1.82) is 5.26 Å². The number of nitrogens with one attached hydrogen (secondary N) is 1. The van der Waals surface area contributed by atoms with E-state index in [0.717, 1.165) is 0 Å². The van der Waals surface area contributed by atoms with Gasteiger partial charge in [0, 0.05) is 11.9 Å². The minimum atomic E-state index is 0.376. The van der Waals surface area contributed by atoms with Crippen LogP contribution in [-0.4, -0.2) is 9.97 Å². The van der Waals surface area contributed by atoms with E-state index in [2.05, 4.69) is 15.3 Å². The van der Waals surface area contributed by atoms with E-state index < -0.39 is 0 Å². The molecule has 0 aliphatic rings. The maximum absolute atomic E-state index is 8.74. The molecule has 0 fully saturated rings. The first-order valence-corrected chi connectivity index (χ1v) is 5.12. The summed E-state index contributed by atoms with van der Waals surface area (Å²) in [5.74, 6) is 0.757. The Balaban J connectivity index is 2.25. The van der Waals surface area contributed by atoms with Crippen LogP contribution in [0.2, 0.25) is 5.02 Å². The maximum Gasteiger partial charge on any atom is 0.229 e. The van der Waals surface area contributed by atoms with Crippen LogP contribution in [0.25, 0.3) is 0 Å². The molecule has 0 aliphatic carbocycles. The quantitative estimate of drug-likeness (QED) is 0.848. The summed E-state index contributed by atoms with van der Waals surface area (Å²) in [5.41, 5.74) is 6.64. The summed E-state index contributed by atoms with van der Waals surface area (Å²) in [6, 6.07) is 8.55. The van der Waals surface area contributed by atoms with E-state index >= 15 is 0 Å². The lowest BCUT2D eigenvalue weighted by molar-refractivity contribution is 1.17. The van der Waals surface area contributed by atoms with Gasteiger partial charge in [-0.1, -0.05) is 11.6 Å². The molecule has 0 radical (unpaired) electrons. The van der Waals surface area contributed by atoms with E-state index in [9.17, 15) is 0 Å². The Morgan fingerprint density at radius 2 is 2.18 bits per heavy atom.